The number of thiophene rings is 2. The lowest BCUT2D eigenvalue weighted by molar-refractivity contribution is 0.601. The second-order valence-electron chi connectivity index (χ2n) is 4.57. The molecule has 0 amide bonds. The van der Waals surface area contributed by atoms with Gasteiger partial charge in [-0.25, -0.2) is 8.42 Å². The number of hydrogen-bond acceptors (Lipinski definition) is 4. The van der Waals surface area contributed by atoms with Crippen molar-refractivity contribution in [1.82, 2.24) is 0 Å². The van der Waals surface area contributed by atoms with Crippen LogP contribution in [0.5, 0.6) is 0 Å². The summed E-state index contributed by atoms with van der Waals surface area (Å²) in [7, 11) is -3.99. The fraction of sp³-hybridized carbons (Fsp3) is 0. The van der Waals surface area contributed by atoms with Crippen LogP contribution in [0.15, 0.2) is 39.9 Å². The summed E-state index contributed by atoms with van der Waals surface area (Å²) in [4.78, 5) is 1.29. The summed E-state index contributed by atoms with van der Waals surface area (Å²) in [5, 5.41) is 4.32. The molecule has 2 heterocycles. The highest BCUT2D eigenvalue weighted by molar-refractivity contribution is 7.93. The number of sulfonamides is 1. The van der Waals surface area contributed by atoms with E-state index >= 15 is 0 Å². The van der Waals surface area contributed by atoms with Gasteiger partial charge >= 0.3 is 0 Å². The molecule has 0 spiro atoms. The van der Waals surface area contributed by atoms with Crippen LogP contribution in [0.2, 0.25) is 20.1 Å². The van der Waals surface area contributed by atoms with E-state index in [-0.39, 0.29) is 20.0 Å². The van der Waals surface area contributed by atoms with Gasteiger partial charge in [0.15, 0.2) is 0 Å². The Morgan fingerprint density at radius 1 is 0.833 bits per heavy atom. The van der Waals surface area contributed by atoms with Gasteiger partial charge < -0.3 is 0 Å². The molecule has 0 atom stereocenters. The van der Waals surface area contributed by atoms with Gasteiger partial charge in [-0.2, -0.15) is 0 Å². The van der Waals surface area contributed by atoms with Gasteiger partial charge in [0.05, 0.1) is 30.5 Å². The van der Waals surface area contributed by atoms with Crippen molar-refractivity contribution in [3.8, 4) is 9.75 Å². The van der Waals surface area contributed by atoms with Crippen LogP contribution in [0.4, 0.5) is 5.69 Å². The van der Waals surface area contributed by atoms with Crippen molar-refractivity contribution >= 4 is 84.8 Å². The van der Waals surface area contributed by atoms with Crippen molar-refractivity contribution in [2.45, 2.75) is 4.90 Å². The quantitative estimate of drug-likeness (QED) is 0.462. The Morgan fingerprint density at radius 3 is 2.00 bits per heavy atom. The van der Waals surface area contributed by atoms with Gasteiger partial charge in [-0.1, -0.05) is 46.4 Å². The SMILES string of the molecule is O=S(=O)(Nc1ccsc1-c1sccc1Cl)c1c(Cl)cc(Cl)cc1Cl. The third-order valence-electron chi connectivity index (χ3n) is 2.96. The van der Waals surface area contributed by atoms with Gasteiger partial charge in [-0.3, -0.25) is 4.72 Å². The van der Waals surface area contributed by atoms with E-state index in [0.717, 1.165) is 9.75 Å². The molecule has 0 unspecified atom stereocenters. The Hall–Kier alpha value is -0.470. The number of halogens is 4. The lowest BCUT2D eigenvalue weighted by Crippen LogP contribution is -2.14. The van der Waals surface area contributed by atoms with Crippen LogP contribution in [0.3, 0.4) is 0 Å². The van der Waals surface area contributed by atoms with Gasteiger partial charge in [0, 0.05) is 5.02 Å². The Labute approximate surface area is 166 Å². The highest BCUT2D eigenvalue weighted by Gasteiger charge is 2.24. The Kier molecular flexibility index (Phi) is 5.37. The summed E-state index contributed by atoms with van der Waals surface area (Å²) in [5.74, 6) is 0. The summed E-state index contributed by atoms with van der Waals surface area (Å²) in [6.45, 7) is 0. The zero-order valence-electron chi connectivity index (χ0n) is 11.5. The van der Waals surface area contributed by atoms with Crippen molar-refractivity contribution in [2.75, 3.05) is 4.72 Å². The molecule has 0 bridgehead atoms. The molecule has 0 fully saturated rings. The smallest absolute Gasteiger partial charge is 0.264 e. The highest BCUT2D eigenvalue weighted by Crippen LogP contribution is 2.42. The second kappa shape index (κ2) is 7.03. The van der Waals surface area contributed by atoms with Crippen molar-refractivity contribution in [3.05, 3.63) is 55.1 Å². The summed E-state index contributed by atoms with van der Waals surface area (Å²) in [5.41, 5.74) is 0.409. The maximum atomic E-state index is 12.7. The van der Waals surface area contributed by atoms with E-state index in [1.54, 1.807) is 17.5 Å². The van der Waals surface area contributed by atoms with E-state index in [9.17, 15) is 8.42 Å². The molecule has 3 aromatic rings. The minimum Gasteiger partial charge on any atom is -0.278 e. The number of benzene rings is 1. The first kappa shape index (κ1) is 18.3. The standard InChI is InChI=1S/C14H7Cl4NO2S3/c15-7-5-9(17)14(10(18)6-7)24(20,21)19-11-2-4-23-13(11)12-8(16)1-3-22-12/h1-6,19H. The van der Waals surface area contributed by atoms with E-state index in [1.807, 2.05) is 5.38 Å². The molecule has 2 aromatic heterocycles. The van der Waals surface area contributed by atoms with Crippen molar-refractivity contribution in [2.24, 2.45) is 0 Å². The number of rotatable bonds is 4. The Bertz CT molecular complexity index is 988. The summed E-state index contributed by atoms with van der Waals surface area (Å²) in [6.07, 6.45) is 0. The molecule has 0 saturated carbocycles. The van der Waals surface area contributed by atoms with Crippen LogP contribution in [-0.4, -0.2) is 8.42 Å². The zero-order chi connectivity index (χ0) is 17.5. The van der Waals surface area contributed by atoms with Crippen molar-refractivity contribution in [1.29, 1.82) is 0 Å². The number of nitrogens with one attached hydrogen (secondary N) is 1. The summed E-state index contributed by atoms with van der Waals surface area (Å²) in [6, 6.07) is 6.07. The number of hydrogen-bond donors (Lipinski definition) is 1. The molecule has 0 saturated heterocycles. The number of anilines is 1. The molecule has 126 valence electrons. The lowest BCUT2D eigenvalue weighted by atomic mass is 10.3. The molecule has 24 heavy (non-hydrogen) atoms. The molecule has 1 aromatic carbocycles. The third kappa shape index (κ3) is 3.55. The topological polar surface area (TPSA) is 46.2 Å². The largest absolute Gasteiger partial charge is 0.278 e. The molecule has 0 aliphatic carbocycles. The first-order chi connectivity index (χ1) is 11.3. The van der Waals surface area contributed by atoms with E-state index in [1.165, 1.54) is 34.8 Å². The Morgan fingerprint density at radius 2 is 1.42 bits per heavy atom. The maximum absolute atomic E-state index is 12.7. The van der Waals surface area contributed by atoms with Gasteiger partial charge in [-0.15, -0.1) is 22.7 Å². The average molecular weight is 459 g/mol. The van der Waals surface area contributed by atoms with Gasteiger partial charge in [0.1, 0.15) is 4.90 Å². The molecule has 3 rings (SSSR count). The third-order valence-corrected chi connectivity index (χ3v) is 7.89. The zero-order valence-corrected chi connectivity index (χ0v) is 17.0. The normalized spacial score (nSPS) is 11.7. The Balaban J connectivity index is 2.04. The fourth-order valence-corrected chi connectivity index (χ4v) is 6.94. The predicted octanol–water partition coefficient (Wildman–Crippen LogP) is 6.89. The minimum atomic E-state index is -3.99. The van der Waals surface area contributed by atoms with Gasteiger partial charge in [0.2, 0.25) is 0 Å². The van der Waals surface area contributed by atoms with Crippen LogP contribution in [0.25, 0.3) is 9.75 Å². The van der Waals surface area contributed by atoms with Gasteiger partial charge in [0.25, 0.3) is 10.0 Å². The molecule has 3 nitrogen and oxygen atoms in total. The first-order valence-corrected chi connectivity index (χ1v) is 11.0. The first-order valence-electron chi connectivity index (χ1n) is 6.28. The van der Waals surface area contributed by atoms with E-state index in [4.69, 9.17) is 46.4 Å². The minimum absolute atomic E-state index is 0.0501. The van der Waals surface area contributed by atoms with Crippen LogP contribution < -0.4 is 4.72 Å². The van der Waals surface area contributed by atoms with Crippen LogP contribution in [0, 0.1) is 0 Å². The van der Waals surface area contributed by atoms with Crippen molar-refractivity contribution < 1.29 is 8.42 Å². The lowest BCUT2D eigenvalue weighted by Gasteiger charge is -2.12. The van der Waals surface area contributed by atoms with Crippen LogP contribution in [0.1, 0.15) is 0 Å². The van der Waals surface area contributed by atoms with Crippen LogP contribution in [-0.2, 0) is 10.0 Å². The summed E-state index contributed by atoms with van der Waals surface area (Å²) < 4.78 is 27.9. The van der Waals surface area contributed by atoms with E-state index in [2.05, 4.69) is 4.72 Å². The molecule has 10 heteroatoms. The van der Waals surface area contributed by atoms with E-state index < -0.39 is 10.0 Å². The maximum Gasteiger partial charge on any atom is 0.264 e. The van der Waals surface area contributed by atoms with Crippen molar-refractivity contribution in [3.63, 3.8) is 0 Å². The monoisotopic (exact) mass is 457 g/mol. The summed E-state index contributed by atoms with van der Waals surface area (Å²) >= 11 is 26.8. The molecule has 0 aliphatic rings. The second-order valence-corrected chi connectivity index (χ2v) is 9.67. The molecular formula is C14H7Cl4NO2S3. The highest BCUT2D eigenvalue weighted by atomic mass is 35.5. The molecular weight excluding hydrogens is 452 g/mol. The predicted molar refractivity (Wildman–Crippen MR) is 105 cm³/mol. The van der Waals surface area contributed by atoms with Gasteiger partial charge in [-0.05, 0) is 35.0 Å². The van der Waals surface area contributed by atoms with Crippen LogP contribution >= 0.6 is 69.1 Å². The molecule has 0 radical (unpaired) electrons. The fourth-order valence-electron chi connectivity index (χ4n) is 2.00. The molecule has 1 N–H and O–H groups in total. The average Bonchev–Trinajstić information content (AvgIpc) is 3.05. The van der Waals surface area contributed by atoms with E-state index in [0.29, 0.717) is 10.7 Å². The molecule has 0 aliphatic heterocycles.